The molecule has 5 nitrogen and oxygen atoms in total. The van der Waals surface area contributed by atoms with Gasteiger partial charge in [-0.25, -0.2) is 13.4 Å². The zero-order valence-electron chi connectivity index (χ0n) is 12.7. The highest BCUT2D eigenvalue weighted by Gasteiger charge is 2.30. The van der Waals surface area contributed by atoms with Gasteiger partial charge in [0.1, 0.15) is 5.82 Å². The topological polar surface area (TPSA) is 66.1 Å². The smallest absolute Gasteiger partial charge is 0.243 e. The Morgan fingerprint density at radius 3 is 2.45 bits per heavy atom. The molecule has 2 heterocycles. The molecule has 22 heavy (non-hydrogen) atoms. The lowest BCUT2D eigenvalue weighted by molar-refractivity contribution is 0.314. The summed E-state index contributed by atoms with van der Waals surface area (Å²) in [4.78, 5) is 7.80. The second-order valence-electron chi connectivity index (χ2n) is 5.65. The first-order valence-corrected chi connectivity index (χ1v) is 9.13. The molecule has 1 saturated heterocycles. The maximum atomic E-state index is 12.7. The molecule has 118 valence electrons. The Balaban J connectivity index is 1.71. The molecular weight excluding hydrogens is 298 g/mol. The quantitative estimate of drug-likeness (QED) is 0.942. The third-order valence-corrected chi connectivity index (χ3v) is 6.24. The van der Waals surface area contributed by atoms with Crippen LogP contribution in [0.1, 0.15) is 37.1 Å². The fourth-order valence-electron chi connectivity index (χ4n) is 2.92. The molecule has 0 amide bonds. The zero-order chi connectivity index (χ0) is 15.6. The van der Waals surface area contributed by atoms with Gasteiger partial charge in [0.25, 0.3) is 0 Å². The van der Waals surface area contributed by atoms with Crippen molar-refractivity contribution >= 4 is 10.0 Å². The molecule has 1 N–H and O–H groups in total. The first-order valence-electron chi connectivity index (χ1n) is 7.69. The number of H-pyrrole nitrogens is 1. The van der Waals surface area contributed by atoms with Crippen molar-refractivity contribution in [1.82, 2.24) is 14.3 Å². The second kappa shape index (κ2) is 6.22. The van der Waals surface area contributed by atoms with Gasteiger partial charge in [0, 0.05) is 31.4 Å². The van der Waals surface area contributed by atoms with E-state index in [1.54, 1.807) is 22.6 Å². The Bertz CT molecular complexity index is 700. The molecule has 0 radical (unpaired) electrons. The van der Waals surface area contributed by atoms with Crippen molar-refractivity contribution in [2.75, 3.05) is 13.1 Å². The van der Waals surface area contributed by atoms with Gasteiger partial charge in [0.2, 0.25) is 10.0 Å². The van der Waals surface area contributed by atoms with Crippen LogP contribution < -0.4 is 0 Å². The van der Waals surface area contributed by atoms with E-state index in [1.165, 1.54) is 0 Å². The summed E-state index contributed by atoms with van der Waals surface area (Å²) in [5, 5.41) is 0. The molecule has 0 spiro atoms. The lowest BCUT2D eigenvalue weighted by Crippen LogP contribution is -2.38. The zero-order valence-corrected chi connectivity index (χ0v) is 13.5. The van der Waals surface area contributed by atoms with E-state index in [0.717, 1.165) is 30.7 Å². The lowest BCUT2D eigenvalue weighted by atomic mass is 9.98. The van der Waals surface area contributed by atoms with Gasteiger partial charge < -0.3 is 4.98 Å². The van der Waals surface area contributed by atoms with Gasteiger partial charge in [-0.05, 0) is 37.0 Å². The average molecular weight is 319 g/mol. The van der Waals surface area contributed by atoms with E-state index >= 15 is 0 Å². The normalized spacial score (nSPS) is 17.7. The molecule has 0 bridgehead atoms. The summed E-state index contributed by atoms with van der Waals surface area (Å²) in [6.45, 7) is 3.15. The van der Waals surface area contributed by atoms with Crippen molar-refractivity contribution in [2.45, 2.75) is 37.0 Å². The molecule has 0 unspecified atom stereocenters. The fraction of sp³-hybridized carbons (Fsp3) is 0.438. The van der Waals surface area contributed by atoms with E-state index in [9.17, 15) is 8.42 Å². The van der Waals surface area contributed by atoms with Gasteiger partial charge in [0.05, 0.1) is 4.90 Å². The SMILES string of the molecule is CCc1ccc(S(=O)(=O)N2CCC(c3ncc[nH]3)CC2)cc1. The summed E-state index contributed by atoms with van der Waals surface area (Å²) in [7, 11) is -3.38. The average Bonchev–Trinajstić information content (AvgIpc) is 3.09. The molecule has 1 aromatic heterocycles. The van der Waals surface area contributed by atoms with Crippen molar-refractivity contribution in [3.63, 3.8) is 0 Å². The standard InChI is InChI=1S/C16H21N3O2S/c1-2-13-3-5-15(6-4-13)22(20,21)19-11-7-14(8-12-19)16-17-9-10-18-16/h3-6,9-10,14H,2,7-8,11-12H2,1H3,(H,17,18). The van der Waals surface area contributed by atoms with Gasteiger partial charge in [0.15, 0.2) is 0 Å². The van der Waals surface area contributed by atoms with E-state index in [4.69, 9.17) is 0 Å². The van der Waals surface area contributed by atoms with Crippen LogP contribution >= 0.6 is 0 Å². The van der Waals surface area contributed by atoms with E-state index in [0.29, 0.717) is 23.9 Å². The number of sulfonamides is 1. The van der Waals surface area contributed by atoms with Crippen molar-refractivity contribution in [3.05, 3.63) is 48.0 Å². The lowest BCUT2D eigenvalue weighted by Gasteiger charge is -2.30. The molecule has 0 saturated carbocycles. The Labute approximate surface area is 131 Å². The van der Waals surface area contributed by atoms with Crippen molar-refractivity contribution in [2.24, 2.45) is 0 Å². The molecule has 2 aromatic rings. The largest absolute Gasteiger partial charge is 0.348 e. The van der Waals surface area contributed by atoms with Crippen LogP contribution in [0.4, 0.5) is 0 Å². The Morgan fingerprint density at radius 1 is 1.23 bits per heavy atom. The predicted octanol–water partition coefficient (Wildman–Crippen LogP) is 2.54. The molecule has 0 atom stereocenters. The molecule has 3 rings (SSSR count). The number of rotatable bonds is 4. The van der Waals surface area contributed by atoms with Crippen LogP contribution in [0.5, 0.6) is 0 Å². The molecule has 1 aromatic carbocycles. The third kappa shape index (κ3) is 2.94. The van der Waals surface area contributed by atoms with Gasteiger partial charge in [-0.1, -0.05) is 19.1 Å². The summed E-state index contributed by atoms with van der Waals surface area (Å²) in [5.74, 6) is 1.29. The van der Waals surface area contributed by atoms with E-state index in [-0.39, 0.29) is 0 Å². The van der Waals surface area contributed by atoms with Crippen molar-refractivity contribution < 1.29 is 8.42 Å². The second-order valence-corrected chi connectivity index (χ2v) is 7.59. The van der Waals surface area contributed by atoms with E-state index in [1.807, 2.05) is 18.3 Å². The van der Waals surface area contributed by atoms with Crippen LogP contribution in [0.25, 0.3) is 0 Å². The highest BCUT2D eigenvalue weighted by molar-refractivity contribution is 7.89. The predicted molar refractivity (Wildman–Crippen MR) is 85.1 cm³/mol. The summed E-state index contributed by atoms with van der Waals surface area (Å²) in [6, 6.07) is 7.21. The van der Waals surface area contributed by atoms with Crippen LogP contribution in [0.3, 0.4) is 0 Å². The van der Waals surface area contributed by atoms with Crippen LogP contribution in [-0.2, 0) is 16.4 Å². The molecule has 1 aliphatic heterocycles. The number of benzene rings is 1. The minimum Gasteiger partial charge on any atom is -0.348 e. The van der Waals surface area contributed by atoms with Gasteiger partial charge in [-0.15, -0.1) is 0 Å². The van der Waals surface area contributed by atoms with Gasteiger partial charge in [-0.3, -0.25) is 0 Å². The minimum absolute atomic E-state index is 0.323. The summed E-state index contributed by atoms with van der Waals surface area (Å²) in [6.07, 6.45) is 6.08. The Hall–Kier alpha value is -1.66. The number of nitrogens with zero attached hydrogens (tertiary/aromatic N) is 2. The molecule has 1 aliphatic rings. The third-order valence-electron chi connectivity index (χ3n) is 4.33. The van der Waals surface area contributed by atoms with Crippen molar-refractivity contribution in [3.8, 4) is 0 Å². The maximum Gasteiger partial charge on any atom is 0.243 e. The minimum atomic E-state index is -3.38. The number of imidazole rings is 1. The van der Waals surface area contributed by atoms with Gasteiger partial charge >= 0.3 is 0 Å². The number of piperidine rings is 1. The van der Waals surface area contributed by atoms with Crippen LogP contribution in [-0.4, -0.2) is 35.8 Å². The maximum absolute atomic E-state index is 12.7. The molecular formula is C16H21N3O2S. The number of hydrogen-bond acceptors (Lipinski definition) is 3. The highest BCUT2D eigenvalue weighted by Crippen LogP contribution is 2.28. The fourth-order valence-corrected chi connectivity index (χ4v) is 4.39. The van der Waals surface area contributed by atoms with Crippen LogP contribution in [0, 0.1) is 0 Å². The van der Waals surface area contributed by atoms with Crippen LogP contribution in [0.2, 0.25) is 0 Å². The number of aromatic amines is 1. The monoisotopic (exact) mass is 319 g/mol. The number of aryl methyl sites for hydroxylation is 1. The number of aromatic nitrogens is 2. The number of hydrogen-bond donors (Lipinski definition) is 1. The first-order chi connectivity index (χ1) is 10.6. The Kier molecular flexibility index (Phi) is 4.31. The summed E-state index contributed by atoms with van der Waals surface area (Å²) >= 11 is 0. The summed E-state index contributed by atoms with van der Waals surface area (Å²) in [5.41, 5.74) is 1.15. The van der Waals surface area contributed by atoms with Crippen LogP contribution in [0.15, 0.2) is 41.6 Å². The molecule has 0 aliphatic carbocycles. The summed E-state index contributed by atoms with van der Waals surface area (Å²) < 4.78 is 27.0. The molecule has 6 heteroatoms. The van der Waals surface area contributed by atoms with Gasteiger partial charge in [-0.2, -0.15) is 4.31 Å². The highest BCUT2D eigenvalue weighted by atomic mass is 32.2. The van der Waals surface area contributed by atoms with Crippen molar-refractivity contribution in [1.29, 1.82) is 0 Å². The molecule has 1 fully saturated rings. The number of nitrogens with one attached hydrogen (secondary N) is 1. The first kappa shape index (κ1) is 15.2. The van der Waals surface area contributed by atoms with E-state index in [2.05, 4.69) is 16.9 Å². The van der Waals surface area contributed by atoms with E-state index < -0.39 is 10.0 Å². The Morgan fingerprint density at radius 2 is 1.91 bits per heavy atom.